The van der Waals surface area contributed by atoms with Gasteiger partial charge in [0.05, 0.1) is 5.41 Å². The molecule has 2 aliphatic carbocycles. The number of fused-ring (bicyclic) bond motifs is 16. The number of para-hydroxylation sites is 1. The number of hydrogen-bond acceptors (Lipinski definition) is 2. The largest absolute Gasteiger partial charge is 0.456 e. The zero-order valence-electron chi connectivity index (χ0n) is 24.2. The maximum atomic E-state index is 6.64. The number of furan rings is 2. The van der Waals surface area contributed by atoms with E-state index in [1.807, 2.05) is 12.1 Å². The lowest BCUT2D eigenvalue weighted by Crippen LogP contribution is -2.25. The van der Waals surface area contributed by atoms with Crippen molar-refractivity contribution in [3.63, 3.8) is 0 Å². The van der Waals surface area contributed by atoms with Gasteiger partial charge in [0.2, 0.25) is 0 Å². The second-order valence-electron chi connectivity index (χ2n) is 12.4. The van der Waals surface area contributed by atoms with Crippen molar-refractivity contribution < 1.29 is 8.83 Å². The topological polar surface area (TPSA) is 26.3 Å². The molecule has 2 aromatic heterocycles. The van der Waals surface area contributed by atoms with E-state index < -0.39 is 0 Å². The quantitative estimate of drug-likeness (QED) is 0.196. The third-order valence-corrected chi connectivity index (χ3v) is 10.3. The van der Waals surface area contributed by atoms with E-state index in [1.54, 1.807) is 0 Å². The summed E-state index contributed by atoms with van der Waals surface area (Å²) in [5, 5.41) is 4.56. The predicted octanol–water partition coefficient (Wildman–Crippen LogP) is 11.5. The maximum absolute atomic E-state index is 6.64. The summed E-state index contributed by atoms with van der Waals surface area (Å²) in [5.74, 6) is 0. The van der Waals surface area contributed by atoms with E-state index in [9.17, 15) is 0 Å². The highest BCUT2D eigenvalue weighted by Crippen LogP contribution is 2.63. The Morgan fingerprint density at radius 3 is 1.56 bits per heavy atom. The normalized spacial score (nSPS) is 14.0. The molecule has 2 aliphatic rings. The summed E-state index contributed by atoms with van der Waals surface area (Å²) in [7, 11) is 0. The average Bonchev–Trinajstić information content (AvgIpc) is 3.81. The van der Waals surface area contributed by atoms with E-state index >= 15 is 0 Å². The van der Waals surface area contributed by atoms with Crippen molar-refractivity contribution in [2.75, 3.05) is 0 Å². The molecule has 0 bridgehead atoms. The molecule has 0 saturated carbocycles. The molecule has 0 saturated heterocycles. The van der Waals surface area contributed by atoms with Crippen LogP contribution in [-0.2, 0) is 5.41 Å². The third kappa shape index (κ3) is 2.85. The van der Waals surface area contributed by atoms with E-state index in [1.165, 1.54) is 44.5 Å². The van der Waals surface area contributed by atoms with E-state index in [-0.39, 0.29) is 5.41 Å². The van der Waals surface area contributed by atoms with Gasteiger partial charge in [-0.2, -0.15) is 0 Å². The summed E-state index contributed by atoms with van der Waals surface area (Å²) in [6.45, 7) is 0. The molecular weight excluding hydrogens is 548 g/mol. The molecule has 2 heteroatoms. The molecule has 0 radical (unpaired) electrons. The van der Waals surface area contributed by atoms with Crippen molar-refractivity contribution in [1.29, 1.82) is 0 Å². The minimum atomic E-state index is -0.376. The first kappa shape index (κ1) is 23.6. The van der Waals surface area contributed by atoms with Crippen LogP contribution in [0.25, 0.3) is 77.3 Å². The van der Waals surface area contributed by atoms with Gasteiger partial charge >= 0.3 is 0 Å². The molecule has 0 amide bonds. The molecule has 0 unspecified atom stereocenters. The monoisotopic (exact) mass is 572 g/mol. The van der Waals surface area contributed by atoms with Gasteiger partial charge in [-0.05, 0) is 98.1 Å². The lowest BCUT2D eigenvalue weighted by molar-refractivity contribution is 0.666. The zero-order chi connectivity index (χ0) is 29.3. The first-order chi connectivity index (χ1) is 22.3. The van der Waals surface area contributed by atoms with E-state index in [4.69, 9.17) is 8.83 Å². The molecule has 0 fully saturated rings. The van der Waals surface area contributed by atoms with Crippen LogP contribution in [-0.4, -0.2) is 0 Å². The van der Waals surface area contributed by atoms with Gasteiger partial charge in [-0.3, -0.25) is 0 Å². The Balaban J connectivity index is 1.16. The highest BCUT2D eigenvalue weighted by molar-refractivity contribution is 6.11. The molecule has 2 heterocycles. The molecule has 9 aromatic rings. The van der Waals surface area contributed by atoms with E-state index in [0.717, 1.165) is 55.0 Å². The zero-order valence-corrected chi connectivity index (χ0v) is 24.2. The van der Waals surface area contributed by atoms with Crippen LogP contribution in [0.3, 0.4) is 0 Å². The smallest absolute Gasteiger partial charge is 0.136 e. The summed E-state index contributed by atoms with van der Waals surface area (Å²) >= 11 is 0. The molecule has 0 N–H and O–H groups in total. The molecule has 7 aromatic carbocycles. The van der Waals surface area contributed by atoms with Crippen LogP contribution in [0.4, 0.5) is 0 Å². The fourth-order valence-electron chi connectivity index (χ4n) is 8.45. The Kier molecular flexibility index (Phi) is 4.29. The first-order valence-electron chi connectivity index (χ1n) is 15.5. The van der Waals surface area contributed by atoms with Crippen LogP contribution in [0.5, 0.6) is 0 Å². The molecule has 2 nitrogen and oxygen atoms in total. The standard InChI is InChI=1S/C43H24O2/c1-5-13-35-27(9-1)28-10-2-6-14-36(28)43(35)37-15-7-3-11-29(37)32-23-34-33-21-25(18-20-40(33)45-42(34)24-38(32)43)26-17-19-31-30-12-4-8-16-39(30)44-41(31)22-26/h1-24H. The Labute approximate surface area is 258 Å². The van der Waals surface area contributed by atoms with Crippen molar-refractivity contribution in [3.8, 4) is 33.4 Å². The van der Waals surface area contributed by atoms with Gasteiger partial charge in [-0.25, -0.2) is 0 Å². The van der Waals surface area contributed by atoms with Crippen LogP contribution < -0.4 is 0 Å². The fraction of sp³-hybridized carbons (Fsp3) is 0.0233. The summed E-state index contributed by atoms with van der Waals surface area (Å²) in [6, 6.07) is 52.8. The lowest BCUT2D eigenvalue weighted by atomic mass is 9.70. The van der Waals surface area contributed by atoms with Crippen LogP contribution in [0.2, 0.25) is 0 Å². The number of benzene rings is 7. The van der Waals surface area contributed by atoms with Crippen LogP contribution in [0, 0.1) is 0 Å². The SMILES string of the molecule is c1ccc2c(c1)-c1ccccc1C21c2ccccc2-c2cc3c(cc21)oc1ccc(-c2ccc4c(c2)oc2ccccc24)cc13. The highest BCUT2D eigenvalue weighted by Gasteiger charge is 2.51. The van der Waals surface area contributed by atoms with Crippen LogP contribution >= 0.6 is 0 Å². The summed E-state index contributed by atoms with van der Waals surface area (Å²) in [6.07, 6.45) is 0. The minimum Gasteiger partial charge on any atom is -0.456 e. The van der Waals surface area contributed by atoms with Gasteiger partial charge in [0, 0.05) is 21.5 Å². The highest BCUT2D eigenvalue weighted by atomic mass is 16.3. The first-order valence-corrected chi connectivity index (χ1v) is 15.5. The molecule has 0 atom stereocenters. The molecule has 11 rings (SSSR count). The van der Waals surface area contributed by atoms with E-state index in [2.05, 4.69) is 133 Å². The van der Waals surface area contributed by atoms with Gasteiger partial charge in [0.1, 0.15) is 22.3 Å². The second kappa shape index (κ2) is 8.19. The maximum Gasteiger partial charge on any atom is 0.136 e. The molecule has 1 spiro atoms. The van der Waals surface area contributed by atoms with Gasteiger partial charge < -0.3 is 8.83 Å². The van der Waals surface area contributed by atoms with Gasteiger partial charge in [0.15, 0.2) is 0 Å². The van der Waals surface area contributed by atoms with Crippen molar-refractivity contribution in [1.82, 2.24) is 0 Å². The van der Waals surface area contributed by atoms with Gasteiger partial charge in [-0.1, -0.05) is 103 Å². The third-order valence-electron chi connectivity index (χ3n) is 10.3. The van der Waals surface area contributed by atoms with Gasteiger partial charge in [0.25, 0.3) is 0 Å². The summed E-state index contributed by atoms with van der Waals surface area (Å²) in [5.41, 5.74) is 16.1. The number of rotatable bonds is 1. The van der Waals surface area contributed by atoms with Crippen LogP contribution in [0.15, 0.2) is 154 Å². The Morgan fingerprint density at radius 1 is 0.311 bits per heavy atom. The molecular formula is C43H24O2. The second-order valence-corrected chi connectivity index (χ2v) is 12.4. The molecule has 0 aliphatic heterocycles. The molecule has 208 valence electrons. The fourth-order valence-corrected chi connectivity index (χ4v) is 8.45. The summed E-state index contributed by atoms with van der Waals surface area (Å²) in [4.78, 5) is 0. The summed E-state index contributed by atoms with van der Waals surface area (Å²) < 4.78 is 12.9. The Morgan fingerprint density at radius 2 is 0.822 bits per heavy atom. The lowest BCUT2D eigenvalue weighted by Gasteiger charge is -2.30. The molecule has 45 heavy (non-hydrogen) atoms. The Bertz CT molecular complexity index is 2670. The minimum absolute atomic E-state index is 0.376. The van der Waals surface area contributed by atoms with Crippen molar-refractivity contribution in [2.45, 2.75) is 5.41 Å². The van der Waals surface area contributed by atoms with Crippen molar-refractivity contribution in [2.24, 2.45) is 0 Å². The van der Waals surface area contributed by atoms with Crippen LogP contribution in [0.1, 0.15) is 22.3 Å². The number of hydrogen-bond donors (Lipinski definition) is 0. The predicted molar refractivity (Wildman–Crippen MR) is 183 cm³/mol. The van der Waals surface area contributed by atoms with E-state index in [0.29, 0.717) is 0 Å². The average molecular weight is 573 g/mol. The Hall–Kier alpha value is -5.86. The van der Waals surface area contributed by atoms with Gasteiger partial charge in [-0.15, -0.1) is 0 Å². The van der Waals surface area contributed by atoms with Crippen molar-refractivity contribution in [3.05, 3.63) is 168 Å². The van der Waals surface area contributed by atoms with Crippen molar-refractivity contribution >= 4 is 43.9 Å².